The molecule has 3 rings (SSSR count). The maximum atomic E-state index is 6.24. The van der Waals surface area contributed by atoms with Gasteiger partial charge < -0.3 is 9.47 Å². The molecule has 1 aliphatic rings. The number of terminal acetylenes is 1. The number of hydrogen-bond donors (Lipinski definition) is 0. The monoisotopic (exact) mass is 369 g/mol. The van der Waals surface area contributed by atoms with Gasteiger partial charge in [-0.2, -0.15) is 5.10 Å². The molecule has 1 aliphatic heterocycles. The number of hydrogen-bond acceptors (Lipinski definition) is 4. The van der Waals surface area contributed by atoms with Gasteiger partial charge in [0.15, 0.2) is 0 Å². The van der Waals surface area contributed by atoms with E-state index < -0.39 is 0 Å². The number of ether oxygens (including phenoxy) is 2. The first-order valence-corrected chi connectivity index (χ1v) is 8.23. The van der Waals surface area contributed by atoms with Crippen molar-refractivity contribution in [3.63, 3.8) is 0 Å². The van der Waals surface area contributed by atoms with E-state index in [1.807, 2.05) is 50.6 Å². The van der Waals surface area contributed by atoms with Crippen LogP contribution in [-0.2, 0) is 18.3 Å². The first-order chi connectivity index (χ1) is 12.6. The Morgan fingerprint density at radius 1 is 1.38 bits per heavy atom. The molecule has 0 radical (unpaired) electrons. The summed E-state index contributed by atoms with van der Waals surface area (Å²) in [5, 5.41) is 4.72. The fourth-order valence-electron chi connectivity index (χ4n) is 2.50. The number of aryl methyl sites for hydroxylation is 1. The predicted molar refractivity (Wildman–Crippen MR) is 105 cm³/mol. The molecule has 134 valence electrons. The van der Waals surface area contributed by atoms with E-state index in [1.54, 1.807) is 18.1 Å². The maximum Gasteiger partial charge on any atom is 0.148 e. The molecule has 0 saturated heterocycles. The number of aromatic nitrogens is 2. The Kier molecular flexibility index (Phi) is 6.65. The molecule has 0 bridgehead atoms. The van der Waals surface area contributed by atoms with Gasteiger partial charge in [0.1, 0.15) is 23.5 Å². The third kappa shape index (κ3) is 4.16. The number of rotatable bonds is 4. The highest BCUT2D eigenvalue weighted by Gasteiger charge is 2.22. The molecule has 2 aromatic rings. The molecular formula is C20H20ClN3O2. The smallest absolute Gasteiger partial charge is 0.148 e. The number of aliphatic imine (C=N–C) groups is 1. The number of methoxy groups -OCH3 is 1. The Balaban J connectivity index is 0.00000117. The van der Waals surface area contributed by atoms with E-state index in [4.69, 9.17) is 26.1 Å². The van der Waals surface area contributed by atoms with E-state index in [0.29, 0.717) is 17.3 Å². The van der Waals surface area contributed by atoms with Crippen molar-refractivity contribution in [1.29, 1.82) is 0 Å². The van der Waals surface area contributed by atoms with Crippen LogP contribution in [0.1, 0.15) is 18.1 Å². The second-order valence-corrected chi connectivity index (χ2v) is 5.75. The highest BCUT2D eigenvalue weighted by Crippen LogP contribution is 2.33. The molecule has 0 aliphatic carbocycles. The molecule has 0 spiro atoms. The van der Waals surface area contributed by atoms with E-state index in [2.05, 4.69) is 17.9 Å². The first-order valence-electron chi connectivity index (χ1n) is 7.85. The lowest BCUT2D eigenvalue weighted by molar-refractivity contribution is 0.389. The lowest BCUT2D eigenvalue weighted by atomic mass is 10.0. The quantitative estimate of drug-likeness (QED) is 0.757. The second-order valence-electron chi connectivity index (χ2n) is 5.34. The van der Waals surface area contributed by atoms with E-state index in [1.165, 1.54) is 0 Å². The summed E-state index contributed by atoms with van der Waals surface area (Å²) in [4.78, 5) is 4.72. The number of nitrogens with zero attached hydrogens (tertiary/aromatic N) is 3. The van der Waals surface area contributed by atoms with Gasteiger partial charge in [0.2, 0.25) is 0 Å². The first kappa shape index (κ1) is 19.4. The molecule has 0 unspecified atom stereocenters. The van der Waals surface area contributed by atoms with Gasteiger partial charge in [-0.3, -0.25) is 9.67 Å². The fourth-order valence-corrected chi connectivity index (χ4v) is 2.75. The topological polar surface area (TPSA) is 48.6 Å². The minimum Gasteiger partial charge on any atom is -0.495 e. The number of benzene rings is 1. The highest BCUT2D eigenvalue weighted by atomic mass is 35.5. The molecule has 26 heavy (non-hydrogen) atoms. The molecule has 1 aromatic carbocycles. The van der Waals surface area contributed by atoms with E-state index >= 15 is 0 Å². The van der Waals surface area contributed by atoms with Gasteiger partial charge >= 0.3 is 0 Å². The van der Waals surface area contributed by atoms with Gasteiger partial charge in [0.25, 0.3) is 0 Å². The van der Waals surface area contributed by atoms with Crippen LogP contribution in [-0.4, -0.2) is 22.6 Å². The number of halogens is 1. The fraction of sp³-hybridized carbons (Fsp3) is 0.200. The van der Waals surface area contributed by atoms with Gasteiger partial charge in [-0.1, -0.05) is 17.7 Å². The van der Waals surface area contributed by atoms with E-state index in [9.17, 15) is 0 Å². The average Bonchev–Trinajstić information content (AvgIpc) is 3.27. The standard InChI is InChI=1S/C18H18ClN3O2.C2H2/c1-4-16-18(20-8-12-9-21-22(2)10-12)14(11-24-16)13-5-6-17(23-3)15(19)7-13;1-2/h4-7,9-11H,8H2,1-3H3;1-2H/b16-4+,20-18?;. The van der Waals surface area contributed by atoms with Gasteiger partial charge in [0.05, 0.1) is 24.9 Å². The third-order valence-corrected chi connectivity index (χ3v) is 3.99. The summed E-state index contributed by atoms with van der Waals surface area (Å²) in [7, 11) is 3.48. The molecule has 0 fully saturated rings. The lowest BCUT2D eigenvalue weighted by Gasteiger charge is -2.07. The summed E-state index contributed by atoms with van der Waals surface area (Å²) in [5.41, 5.74) is 3.68. The van der Waals surface area contributed by atoms with Crippen LogP contribution in [0, 0.1) is 12.8 Å². The molecule has 0 N–H and O–H groups in total. The molecule has 5 nitrogen and oxygen atoms in total. The average molecular weight is 370 g/mol. The zero-order valence-electron chi connectivity index (χ0n) is 14.9. The SMILES string of the molecule is C#C.C/C=C1/OC=C(c2ccc(OC)c(Cl)c2)C1=NCc1cnn(C)c1. The molecule has 0 atom stereocenters. The summed E-state index contributed by atoms with van der Waals surface area (Å²) in [5.74, 6) is 1.38. The van der Waals surface area contributed by atoms with Crippen LogP contribution in [0.25, 0.3) is 5.57 Å². The van der Waals surface area contributed by atoms with Gasteiger partial charge in [-0.05, 0) is 30.7 Å². The summed E-state index contributed by atoms with van der Waals surface area (Å²) in [6, 6.07) is 5.64. The molecule has 6 heteroatoms. The van der Waals surface area contributed by atoms with Gasteiger partial charge in [0, 0.05) is 24.4 Å². The highest BCUT2D eigenvalue weighted by molar-refractivity contribution is 6.34. The van der Waals surface area contributed by atoms with E-state index in [0.717, 1.165) is 28.2 Å². The van der Waals surface area contributed by atoms with E-state index in [-0.39, 0.29) is 0 Å². The van der Waals surface area contributed by atoms with Crippen molar-refractivity contribution in [3.8, 4) is 18.6 Å². The molecule has 1 aromatic heterocycles. The van der Waals surface area contributed by atoms with Crippen LogP contribution >= 0.6 is 11.6 Å². The van der Waals surface area contributed by atoms with Crippen LogP contribution in [0.15, 0.2) is 53.7 Å². The van der Waals surface area contributed by atoms with Crippen LogP contribution in [0.3, 0.4) is 0 Å². The predicted octanol–water partition coefficient (Wildman–Crippen LogP) is 4.25. The van der Waals surface area contributed by atoms with Gasteiger partial charge in [-0.25, -0.2) is 0 Å². The molecular weight excluding hydrogens is 350 g/mol. The van der Waals surface area contributed by atoms with Crippen molar-refractivity contribution in [3.05, 3.63) is 64.8 Å². The van der Waals surface area contributed by atoms with Crippen LogP contribution < -0.4 is 4.74 Å². The Bertz CT molecular complexity index is 891. The number of allylic oxidation sites excluding steroid dienone is 2. The molecule has 0 saturated carbocycles. The van der Waals surface area contributed by atoms with Crippen molar-refractivity contribution in [2.45, 2.75) is 13.5 Å². The summed E-state index contributed by atoms with van der Waals surface area (Å²) < 4.78 is 12.6. The van der Waals surface area contributed by atoms with Crippen molar-refractivity contribution in [2.75, 3.05) is 7.11 Å². The maximum absolute atomic E-state index is 6.24. The Hall–Kier alpha value is -2.97. The van der Waals surface area contributed by atoms with Crippen molar-refractivity contribution in [1.82, 2.24) is 9.78 Å². The van der Waals surface area contributed by atoms with Crippen LogP contribution in [0.2, 0.25) is 5.02 Å². The second kappa shape index (κ2) is 8.93. The minimum absolute atomic E-state index is 0.533. The van der Waals surface area contributed by atoms with Gasteiger partial charge in [-0.15, -0.1) is 12.8 Å². The molecule has 2 heterocycles. The summed E-state index contributed by atoms with van der Waals surface area (Å²) in [6.45, 7) is 2.46. The lowest BCUT2D eigenvalue weighted by Crippen LogP contribution is -2.02. The van der Waals surface area contributed by atoms with Crippen molar-refractivity contribution >= 4 is 22.9 Å². The zero-order valence-corrected chi connectivity index (χ0v) is 15.7. The normalized spacial score (nSPS) is 16.0. The largest absolute Gasteiger partial charge is 0.495 e. The van der Waals surface area contributed by atoms with Crippen LogP contribution in [0.4, 0.5) is 0 Å². The van der Waals surface area contributed by atoms with Crippen molar-refractivity contribution in [2.24, 2.45) is 12.0 Å². The summed E-state index contributed by atoms with van der Waals surface area (Å²) >= 11 is 6.24. The van der Waals surface area contributed by atoms with Crippen molar-refractivity contribution < 1.29 is 9.47 Å². The molecule has 0 amide bonds. The third-order valence-electron chi connectivity index (χ3n) is 3.70. The Morgan fingerprint density at radius 2 is 2.15 bits per heavy atom. The Labute approximate surface area is 158 Å². The summed E-state index contributed by atoms with van der Waals surface area (Å²) in [6.07, 6.45) is 15.4. The Morgan fingerprint density at radius 3 is 2.73 bits per heavy atom. The van der Waals surface area contributed by atoms with Crippen LogP contribution in [0.5, 0.6) is 5.75 Å². The minimum atomic E-state index is 0.533. The zero-order chi connectivity index (χ0) is 19.1.